The highest BCUT2D eigenvalue weighted by atomic mass is 16.5. The highest BCUT2D eigenvalue weighted by Gasteiger charge is 2.60. The van der Waals surface area contributed by atoms with Crippen molar-refractivity contribution in [1.29, 1.82) is 0 Å². The number of carboxylic acids is 1. The average molecular weight is 649 g/mol. The van der Waals surface area contributed by atoms with Gasteiger partial charge in [0.25, 0.3) is 0 Å². The van der Waals surface area contributed by atoms with Crippen LogP contribution < -0.4 is 16.0 Å². The number of ether oxygens (including phenoxy) is 1. The molecule has 1 heterocycles. The third kappa shape index (κ3) is 7.61. The number of likely N-dealkylation sites (tertiary alicyclic amines) is 1. The van der Waals surface area contributed by atoms with Gasteiger partial charge in [-0.05, 0) is 53.4 Å². The predicted octanol–water partition coefficient (Wildman–Crippen LogP) is 3.53. The average Bonchev–Trinajstić information content (AvgIpc) is 3.50. The van der Waals surface area contributed by atoms with Gasteiger partial charge in [0.05, 0.1) is 12.7 Å². The number of hydrogen-bond donors (Lipinski definition) is 4. The van der Waals surface area contributed by atoms with Crippen LogP contribution in [-0.2, 0) is 35.3 Å². The maximum absolute atomic E-state index is 14.3. The number of nitrogens with zero attached hydrogens (tertiary/aromatic N) is 1. The lowest BCUT2D eigenvalue weighted by atomic mass is 9.83. The number of carboxylic acid groups (broad SMARTS) is 1. The molecule has 2 aromatic rings. The van der Waals surface area contributed by atoms with Crippen molar-refractivity contribution in [2.45, 2.75) is 109 Å². The topological polar surface area (TPSA) is 154 Å². The molecule has 5 rings (SSSR count). The van der Waals surface area contributed by atoms with Crippen LogP contribution in [0.5, 0.6) is 0 Å². The molecule has 2 aliphatic carbocycles. The van der Waals surface area contributed by atoms with Crippen molar-refractivity contribution >= 4 is 40.4 Å². The first-order valence-corrected chi connectivity index (χ1v) is 16.9. The van der Waals surface area contributed by atoms with Crippen molar-refractivity contribution in [2.24, 2.45) is 17.8 Å². The molecule has 1 saturated heterocycles. The van der Waals surface area contributed by atoms with E-state index in [0.29, 0.717) is 6.42 Å². The quantitative estimate of drug-likeness (QED) is 0.275. The Bertz CT molecular complexity index is 1500. The zero-order valence-corrected chi connectivity index (χ0v) is 27.8. The molecule has 2 saturated carbocycles. The van der Waals surface area contributed by atoms with Gasteiger partial charge in [-0.25, -0.2) is 4.79 Å². The van der Waals surface area contributed by atoms with Gasteiger partial charge in [-0.15, -0.1) is 0 Å². The molecule has 0 radical (unpaired) electrons. The number of rotatable bonds is 12. The first-order valence-electron chi connectivity index (χ1n) is 16.9. The molecule has 2 aromatic carbocycles. The number of hydrogen-bond acceptors (Lipinski definition) is 6. The van der Waals surface area contributed by atoms with Crippen LogP contribution in [-0.4, -0.2) is 75.9 Å². The van der Waals surface area contributed by atoms with Gasteiger partial charge in [0.2, 0.25) is 23.6 Å². The number of nitrogens with one attached hydrogen (secondary N) is 3. The Labute approximate surface area is 276 Å². The van der Waals surface area contributed by atoms with E-state index in [1.54, 1.807) is 6.92 Å². The lowest BCUT2D eigenvalue weighted by Gasteiger charge is -2.34. The summed E-state index contributed by atoms with van der Waals surface area (Å²) in [5.74, 6) is -3.41. The van der Waals surface area contributed by atoms with E-state index in [1.807, 2.05) is 56.3 Å². The number of carbonyl (C=O) groups is 5. The fourth-order valence-corrected chi connectivity index (χ4v) is 7.31. The summed E-state index contributed by atoms with van der Waals surface area (Å²) in [6.45, 7) is 7.16. The zero-order valence-electron chi connectivity index (χ0n) is 27.8. The van der Waals surface area contributed by atoms with Crippen LogP contribution in [0, 0.1) is 17.8 Å². The van der Waals surface area contributed by atoms with E-state index < -0.39 is 53.5 Å². The van der Waals surface area contributed by atoms with Gasteiger partial charge in [0.15, 0.2) is 0 Å². The van der Waals surface area contributed by atoms with Gasteiger partial charge < -0.3 is 30.7 Å². The number of aliphatic carboxylic acids is 1. The molecule has 11 heteroatoms. The van der Waals surface area contributed by atoms with Crippen molar-refractivity contribution in [2.75, 3.05) is 6.54 Å². The molecule has 0 spiro atoms. The second-order valence-corrected chi connectivity index (χ2v) is 14.0. The van der Waals surface area contributed by atoms with E-state index in [-0.39, 0.29) is 43.2 Å². The van der Waals surface area contributed by atoms with Gasteiger partial charge in [-0.1, -0.05) is 82.5 Å². The molecular formula is C36H48N4O7. The van der Waals surface area contributed by atoms with Gasteiger partial charge in [-0.2, -0.15) is 0 Å². The third-order valence-electron chi connectivity index (χ3n) is 10.2. The van der Waals surface area contributed by atoms with Crippen molar-refractivity contribution < 1.29 is 33.8 Å². The maximum Gasteiger partial charge on any atom is 0.329 e. The summed E-state index contributed by atoms with van der Waals surface area (Å²) in [5.41, 5.74) is -0.380. The minimum absolute atomic E-state index is 0.0273. The normalized spacial score (nSPS) is 25.6. The third-order valence-corrected chi connectivity index (χ3v) is 10.2. The van der Waals surface area contributed by atoms with Crippen molar-refractivity contribution in [3.05, 3.63) is 48.0 Å². The molecule has 4 amide bonds. The first-order chi connectivity index (χ1) is 22.4. The Balaban J connectivity index is 1.36. The van der Waals surface area contributed by atoms with Crippen LogP contribution in [0.1, 0.15) is 78.2 Å². The van der Waals surface area contributed by atoms with Crippen LogP contribution in [0.4, 0.5) is 0 Å². The molecule has 11 nitrogen and oxygen atoms in total. The van der Waals surface area contributed by atoms with E-state index in [1.165, 1.54) is 11.8 Å². The molecule has 4 N–H and O–H groups in total. The Morgan fingerprint density at radius 3 is 2.32 bits per heavy atom. The predicted molar refractivity (Wildman–Crippen MR) is 176 cm³/mol. The van der Waals surface area contributed by atoms with Crippen molar-refractivity contribution in [1.82, 2.24) is 20.9 Å². The van der Waals surface area contributed by atoms with Gasteiger partial charge in [0.1, 0.15) is 23.7 Å². The van der Waals surface area contributed by atoms with E-state index in [2.05, 4.69) is 16.0 Å². The lowest BCUT2D eigenvalue weighted by Crippen LogP contribution is -2.60. The highest BCUT2D eigenvalue weighted by Crippen LogP contribution is 2.43. The Kier molecular flexibility index (Phi) is 10.5. The summed E-state index contributed by atoms with van der Waals surface area (Å²) in [5, 5.41) is 20.5. The zero-order chi connectivity index (χ0) is 33.9. The number of amides is 4. The maximum atomic E-state index is 14.3. The van der Waals surface area contributed by atoms with Crippen LogP contribution in [0.2, 0.25) is 0 Å². The molecule has 254 valence electrons. The summed E-state index contributed by atoms with van der Waals surface area (Å²) in [6, 6.07) is 11.2. The van der Waals surface area contributed by atoms with Crippen LogP contribution in [0.15, 0.2) is 42.5 Å². The van der Waals surface area contributed by atoms with E-state index in [4.69, 9.17) is 4.74 Å². The SMILES string of the molecule is CC(=O)N[C@H](C(=O)N[C@H](C(=O)N1C[C@H](OCc2cccc3ccccc23)C[C@H]1C(=O)N[C@@]1(C(=O)O)C[C@@H]1C)C(C)C)C1CCCCC1. The van der Waals surface area contributed by atoms with Crippen molar-refractivity contribution in [3.8, 4) is 0 Å². The second kappa shape index (κ2) is 14.4. The van der Waals surface area contributed by atoms with Gasteiger partial charge in [0, 0.05) is 19.9 Å². The van der Waals surface area contributed by atoms with Crippen molar-refractivity contribution in [3.63, 3.8) is 0 Å². The number of fused-ring (bicyclic) bond motifs is 1. The molecule has 47 heavy (non-hydrogen) atoms. The minimum Gasteiger partial charge on any atom is -0.479 e. The molecule has 6 atom stereocenters. The lowest BCUT2D eigenvalue weighted by molar-refractivity contribution is -0.146. The summed E-state index contributed by atoms with van der Waals surface area (Å²) < 4.78 is 6.33. The van der Waals surface area contributed by atoms with Gasteiger partial charge in [-0.3, -0.25) is 19.2 Å². The molecule has 0 unspecified atom stereocenters. The van der Waals surface area contributed by atoms with E-state index >= 15 is 0 Å². The van der Waals surface area contributed by atoms with Crippen LogP contribution in [0.3, 0.4) is 0 Å². The van der Waals surface area contributed by atoms with Gasteiger partial charge >= 0.3 is 5.97 Å². The molecule has 0 aromatic heterocycles. The Morgan fingerprint density at radius 2 is 1.68 bits per heavy atom. The fraction of sp³-hybridized carbons (Fsp3) is 0.583. The first kappa shape index (κ1) is 34.3. The Morgan fingerprint density at radius 1 is 1.00 bits per heavy atom. The van der Waals surface area contributed by atoms with E-state index in [0.717, 1.165) is 48.4 Å². The Hall–Kier alpha value is -3.99. The molecule has 3 fully saturated rings. The molecule has 1 aliphatic heterocycles. The smallest absolute Gasteiger partial charge is 0.329 e. The summed E-state index contributed by atoms with van der Waals surface area (Å²) >= 11 is 0. The summed E-state index contributed by atoms with van der Waals surface area (Å²) in [6.07, 6.45) is 4.65. The van der Waals surface area contributed by atoms with Crippen LogP contribution >= 0.6 is 0 Å². The molecule has 3 aliphatic rings. The fourth-order valence-electron chi connectivity index (χ4n) is 7.31. The number of carbonyl (C=O) groups excluding carboxylic acids is 4. The minimum atomic E-state index is -1.36. The monoisotopic (exact) mass is 648 g/mol. The number of benzene rings is 2. The van der Waals surface area contributed by atoms with Crippen LogP contribution in [0.25, 0.3) is 10.8 Å². The van der Waals surface area contributed by atoms with E-state index in [9.17, 15) is 29.1 Å². The molecular weight excluding hydrogens is 600 g/mol. The highest BCUT2D eigenvalue weighted by molar-refractivity contribution is 5.97. The largest absolute Gasteiger partial charge is 0.479 e. The summed E-state index contributed by atoms with van der Waals surface area (Å²) in [4.78, 5) is 67.4. The standard InChI is InChI=1S/C36H48N4O7/c1-21(2)30(38-33(43)31(37-23(4)41)25-12-6-5-7-13-25)34(44)40-19-27(17-29(40)32(42)39-36(35(45)46)18-22(36)3)47-20-26-15-10-14-24-11-8-9-16-28(24)26/h8-11,14-16,21-22,25,27,29-31H,5-7,12-13,17-20H2,1-4H3,(H,37,41)(H,38,43)(H,39,42)(H,45,46)/t22-,27+,29-,30-,31-,36-/m0/s1. The molecule has 0 bridgehead atoms. The summed E-state index contributed by atoms with van der Waals surface area (Å²) in [7, 11) is 0. The second-order valence-electron chi connectivity index (χ2n) is 14.0.